The lowest BCUT2D eigenvalue weighted by Crippen LogP contribution is -2.43. The van der Waals surface area contributed by atoms with E-state index in [1.807, 2.05) is 0 Å². The molecule has 0 saturated carbocycles. The van der Waals surface area contributed by atoms with Crippen LogP contribution in [0.5, 0.6) is 0 Å². The predicted octanol–water partition coefficient (Wildman–Crippen LogP) is -0.299. The minimum absolute atomic E-state index is 0.241. The Kier molecular flexibility index (Phi) is 13.8. The molecule has 0 aromatic carbocycles. The zero-order valence-corrected chi connectivity index (χ0v) is 21.9. The Morgan fingerprint density at radius 1 is 0.378 bits per heavy atom. The van der Waals surface area contributed by atoms with Gasteiger partial charge in [0.05, 0.1) is 138 Å². The molecular weight excluding hydrogens is 492 g/mol. The van der Waals surface area contributed by atoms with E-state index in [2.05, 4.69) is 0 Å². The standard InChI is InChI=1S/C25H44O12/c1(26-9-21-13-34-21)5-30-17-25(18-31-6-2-27-10-22-14-35-22,19-32-7-3-28-11-23-15-36-23)20-33-8-4-29-12-24-16-37-24/h21-24H,1-20H2. The third-order valence-electron chi connectivity index (χ3n) is 5.95. The first-order valence-electron chi connectivity index (χ1n) is 13.4. The smallest absolute Gasteiger partial charge is 0.104 e. The van der Waals surface area contributed by atoms with Crippen molar-refractivity contribution in [1.82, 2.24) is 0 Å². The maximum atomic E-state index is 6.01. The fraction of sp³-hybridized carbons (Fsp3) is 1.00. The van der Waals surface area contributed by atoms with Crippen LogP contribution in [-0.4, -0.2) is 157 Å². The molecule has 0 aromatic heterocycles. The molecule has 0 bridgehead atoms. The first-order chi connectivity index (χ1) is 18.3. The molecule has 0 aliphatic carbocycles. The van der Waals surface area contributed by atoms with E-state index in [4.69, 9.17) is 56.8 Å². The van der Waals surface area contributed by atoms with Crippen LogP contribution in [0.3, 0.4) is 0 Å². The van der Waals surface area contributed by atoms with Crippen LogP contribution in [0.2, 0.25) is 0 Å². The lowest BCUT2D eigenvalue weighted by molar-refractivity contribution is -0.121. The molecule has 12 nitrogen and oxygen atoms in total. The second kappa shape index (κ2) is 17.3. The number of hydrogen-bond acceptors (Lipinski definition) is 12. The zero-order valence-electron chi connectivity index (χ0n) is 21.9. The van der Waals surface area contributed by atoms with Gasteiger partial charge in [-0.25, -0.2) is 0 Å². The minimum Gasteiger partial charge on any atom is -0.378 e. The molecule has 0 spiro atoms. The van der Waals surface area contributed by atoms with E-state index in [0.29, 0.717) is 106 Å². The monoisotopic (exact) mass is 536 g/mol. The Hall–Kier alpha value is -0.480. The van der Waals surface area contributed by atoms with Gasteiger partial charge in [-0.2, -0.15) is 0 Å². The van der Waals surface area contributed by atoms with Crippen molar-refractivity contribution < 1.29 is 56.8 Å². The summed E-state index contributed by atoms with van der Waals surface area (Å²) in [6.45, 7) is 11.0. The molecule has 37 heavy (non-hydrogen) atoms. The number of epoxide rings is 4. The molecule has 12 heteroatoms. The highest BCUT2D eigenvalue weighted by Crippen LogP contribution is 2.21. The van der Waals surface area contributed by atoms with Crippen molar-refractivity contribution in [3.05, 3.63) is 0 Å². The van der Waals surface area contributed by atoms with Crippen LogP contribution in [0.1, 0.15) is 0 Å². The molecule has 4 atom stereocenters. The van der Waals surface area contributed by atoms with Crippen LogP contribution in [0.25, 0.3) is 0 Å². The first-order valence-corrected chi connectivity index (χ1v) is 13.4. The molecule has 216 valence electrons. The topological polar surface area (TPSA) is 124 Å². The molecule has 4 heterocycles. The second-order valence-corrected chi connectivity index (χ2v) is 9.83. The van der Waals surface area contributed by atoms with Gasteiger partial charge in [0.1, 0.15) is 24.4 Å². The van der Waals surface area contributed by atoms with Crippen molar-refractivity contribution in [3.8, 4) is 0 Å². The minimum atomic E-state index is -0.502. The number of hydrogen-bond donors (Lipinski definition) is 0. The van der Waals surface area contributed by atoms with Gasteiger partial charge in [-0.15, -0.1) is 0 Å². The summed E-state index contributed by atoms with van der Waals surface area (Å²) in [6, 6.07) is 0. The number of rotatable bonds is 28. The SMILES string of the molecule is C(COCC(COCCOCC1CO1)(COCCOCC1CO1)COCCOCC1CO1)OCC1CO1. The maximum Gasteiger partial charge on any atom is 0.104 e. The van der Waals surface area contributed by atoms with Gasteiger partial charge in [0.25, 0.3) is 0 Å². The normalized spacial score (nSPS) is 27.2. The molecule has 4 rings (SSSR count). The summed E-state index contributed by atoms with van der Waals surface area (Å²) in [5.41, 5.74) is -0.502. The quantitative estimate of drug-likeness (QED) is 0.0963. The summed E-state index contributed by atoms with van der Waals surface area (Å²) >= 11 is 0. The van der Waals surface area contributed by atoms with Gasteiger partial charge < -0.3 is 56.8 Å². The largest absolute Gasteiger partial charge is 0.378 e. The van der Waals surface area contributed by atoms with E-state index in [9.17, 15) is 0 Å². The molecule has 0 amide bonds. The average Bonchev–Trinajstić information content (AvgIpc) is 3.70. The highest BCUT2D eigenvalue weighted by Gasteiger charge is 2.33. The average molecular weight is 537 g/mol. The predicted molar refractivity (Wildman–Crippen MR) is 128 cm³/mol. The van der Waals surface area contributed by atoms with Crippen molar-refractivity contribution in [3.63, 3.8) is 0 Å². The Labute approximate surface area is 219 Å². The van der Waals surface area contributed by atoms with Gasteiger partial charge in [0.15, 0.2) is 0 Å². The van der Waals surface area contributed by atoms with Crippen molar-refractivity contribution in [2.75, 3.05) is 132 Å². The Balaban J connectivity index is 1.17. The van der Waals surface area contributed by atoms with E-state index >= 15 is 0 Å². The van der Waals surface area contributed by atoms with Gasteiger partial charge >= 0.3 is 0 Å². The Bertz CT molecular complexity index is 479. The van der Waals surface area contributed by atoms with E-state index in [-0.39, 0.29) is 24.4 Å². The summed E-state index contributed by atoms with van der Waals surface area (Å²) in [5.74, 6) is 0. The maximum absolute atomic E-state index is 6.01. The lowest BCUT2D eigenvalue weighted by atomic mass is 9.92. The fourth-order valence-corrected chi connectivity index (χ4v) is 3.39. The van der Waals surface area contributed by atoms with E-state index in [0.717, 1.165) is 26.4 Å². The third kappa shape index (κ3) is 15.0. The summed E-state index contributed by atoms with van der Waals surface area (Å²) < 4.78 is 67.1. The highest BCUT2D eigenvalue weighted by molar-refractivity contribution is 4.80. The summed E-state index contributed by atoms with van der Waals surface area (Å²) in [5, 5.41) is 0. The summed E-state index contributed by atoms with van der Waals surface area (Å²) in [6.07, 6.45) is 0.964. The van der Waals surface area contributed by atoms with E-state index in [1.165, 1.54) is 0 Å². The van der Waals surface area contributed by atoms with Crippen molar-refractivity contribution in [1.29, 1.82) is 0 Å². The molecule has 4 saturated heterocycles. The van der Waals surface area contributed by atoms with Gasteiger partial charge in [-0.1, -0.05) is 0 Å². The summed E-state index contributed by atoms with van der Waals surface area (Å²) in [7, 11) is 0. The number of ether oxygens (including phenoxy) is 12. The highest BCUT2D eigenvalue weighted by atomic mass is 16.6. The van der Waals surface area contributed by atoms with Crippen LogP contribution in [0, 0.1) is 5.41 Å². The Morgan fingerprint density at radius 3 is 0.811 bits per heavy atom. The molecule has 0 N–H and O–H groups in total. The Morgan fingerprint density at radius 2 is 0.595 bits per heavy atom. The molecule has 0 radical (unpaired) electrons. The molecule has 4 aliphatic rings. The van der Waals surface area contributed by atoms with E-state index < -0.39 is 5.41 Å². The van der Waals surface area contributed by atoms with Crippen molar-refractivity contribution in [2.45, 2.75) is 24.4 Å². The fourth-order valence-electron chi connectivity index (χ4n) is 3.39. The van der Waals surface area contributed by atoms with E-state index in [1.54, 1.807) is 0 Å². The van der Waals surface area contributed by atoms with Crippen LogP contribution >= 0.6 is 0 Å². The van der Waals surface area contributed by atoms with Gasteiger partial charge in [-0.05, 0) is 0 Å². The van der Waals surface area contributed by atoms with Gasteiger partial charge in [0, 0.05) is 0 Å². The molecule has 4 fully saturated rings. The molecule has 4 aliphatic heterocycles. The first kappa shape index (κ1) is 29.5. The lowest BCUT2D eigenvalue weighted by Gasteiger charge is -2.33. The summed E-state index contributed by atoms with van der Waals surface area (Å²) in [4.78, 5) is 0. The molecule has 4 unspecified atom stereocenters. The van der Waals surface area contributed by atoms with Gasteiger partial charge in [0.2, 0.25) is 0 Å². The van der Waals surface area contributed by atoms with Crippen molar-refractivity contribution in [2.24, 2.45) is 5.41 Å². The second-order valence-electron chi connectivity index (χ2n) is 9.83. The van der Waals surface area contributed by atoms with Crippen LogP contribution in [0.4, 0.5) is 0 Å². The van der Waals surface area contributed by atoms with Crippen molar-refractivity contribution >= 4 is 0 Å². The molecular formula is C25H44O12. The van der Waals surface area contributed by atoms with Crippen LogP contribution in [0.15, 0.2) is 0 Å². The van der Waals surface area contributed by atoms with Gasteiger partial charge in [-0.3, -0.25) is 0 Å². The van der Waals surface area contributed by atoms with Crippen LogP contribution < -0.4 is 0 Å². The van der Waals surface area contributed by atoms with Crippen LogP contribution in [-0.2, 0) is 56.8 Å². The zero-order chi connectivity index (χ0) is 25.4. The third-order valence-corrected chi connectivity index (χ3v) is 5.95. The molecule has 0 aromatic rings.